The molecule has 9 heteroatoms. The van der Waals surface area contributed by atoms with Crippen LogP contribution in [0.25, 0.3) is 11.5 Å². The number of nitrogens with zero attached hydrogens (tertiary/aromatic N) is 7. The molecular formula is C16H20N8O. The Morgan fingerprint density at radius 3 is 2.84 bits per heavy atom. The van der Waals surface area contributed by atoms with Crippen LogP contribution in [0.2, 0.25) is 0 Å². The second-order valence-electron chi connectivity index (χ2n) is 7.07. The first-order valence-corrected chi connectivity index (χ1v) is 8.28. The summed E-state index contributed by atoms with van der Waals surface area (Å²) in [5.74, 6) is 1.34. The van der Waals surface area contributed by atoms with Crippen molar-refractivity contribution in [3.8, 4) is 11.5 Å². The van der Waals surface area contributed by atoms with E-state index in [2.05, 4.69) is 44.1 Å². The van der Waals surface area contributed by atoms with E-state index in [1.807, 2.05) is 6.07 Å². The highest BCUT2D eigenvalue weighted by Gasteiger charge is 2.27. The van der Waals surface area contributed by atoms with E-state index in [0.717, 1.165) is 25.3 Å². The van der Waals surface area contributed by atoms with Crippen LogP contribution in [-0.4, -0.2) is 47.8 Å². The van der Waals surface area contributed by atoms with Gasteiger partial charge in [-0.3, -0.25) is 9.89 Å². The maximum atomic E-state index is 12.6. The fourth-order valence-corrected chi connectivity index (χ4v) is 3.28. The summed E-state index contributed by atoms with van der Waals surface area (Å²) >= 11 is 0. The zero-order chi connectivity index (χ0) is 17.4. The molecule has 0 spiro atoms. The van der Waals surface area contributed by atoms with Crippen molar-refractivity contribution in [2.75, 3.05) is 18.0 Å². The number of rotatable bonds is 3. The van der Waals surface area contributed by atoms with Gasteiger partial charge in [-0.25, -0.2) is 14.6 Å². The first kappa shape index (κ1) is 15.6. The predicted octanol–water partition coefficient (Wildman–Crippen LogP) is 1.16. The summed E-state index contributed by atoms with van der Waals surface area (Å²) < 4.78 is 2.81. The molecule has 25 heavy (non-hydrogen) atoms. The molecule has 1 fully saturated rings. The van der Waals surface area contributed by atoms with Crippen molar-refractivity contribution >= 4 is 5.82 Å². The quantitative estimate of drug-likeness (QED) is 0.768. The van der Waals surface area contributed by atoms with Crippen LogP contribution >= 0.6 is 0 Å². The van der Waals surface area contributed by atoms with Gasteiger partial charge in [0, 0.05) is 19.2 Å². The molecule has 0 unspecified atom stereocenters. The molecule has 0 saturated carbocycles. The lowest BCUT2D eigenvalue weighted by molar-refractivity contribution is 0.292. The largest absolute Gasteiger partial charge is 0.356 e. The third-order valence-electron chi connectivity index (χ3n) is 4.51. The highest BCUT2D eigenvalue weighted by atomic mass is 16.1. The zero-order valence-corrected chi connectivity index (χ0v) is 14.3. The van der Waals surface area contributed by atoms with Crippen molar-refractivity contribution in [2.45, 2.75) is 26.7 Å². The Balaban J connectivity index is 1.68. The van der Waals surface area contributed by atoms with Gasteiger partial charge in [0.1, 0.15) is 12.1 Å². The van der Waals surface area contributed by atoms with Crippen molar-refractivity contribution < 1.29 is 0 Å². The van der Waals surface area contributed by atoms with Gasteiger partial charge in [0.05, 0.1) is 18.6 Å². The summed E-state index contributed by atoms with van der Waals surface area (Å²) in [6.45, 7) is 6.43. The molecule has 0 atom stereocenters. The Labute approximate surface area is 144 Å². The molecule has 0 amide bonds. The first-order valence-electron chi connectivity index (χ1n) is 8.28. The molecule has 0 radical (unpaired) electrons. The van der Waals surface area contributed by atoms with Gasteiger partial charge in [0.15, 0.2) is 11.5 Å². The smallest absolute Gasteiger partial charge is 0.298 e. The minimum atomic E-state index is -0.242. The molecule has 3 aromatic heterocycles. The maximum absolute atomic E-state index is 12.6. The highest BCUT2D eigenvalue weighted by molar-refractivity contribution is 5.44. The Hall–Kier alpha value is -2.97. The molecule has 4 rings (SSSR count). The Kier molecular flexibility index (Phi) is 3.63. The van der Waals surface area contributed by atoms with Crippen molar-refractivity contribution in [3.05, 3.63) is 41.3 Å². The molecule has 9 nitrogen and oxygen atoms in total. The van der Waals surface area contributed by atoms with E-state index in [1.54, 1.807) is 12.4 Å². The third kappa shape index (κ3) is 2.92. The molecule has 130 valence electrons. The molecule has 0 bridgehead atoms. The molecule has 1 N–H and O–H groups in total. The van der Waals surface area contributed by atoms with Gasteiger partial charge in [-0.2, -0.15) is 4.68 Å². The van der Waals surface area contributed by atoms with Gasteiger partial charge < -0.3 is 4.90 Å². The first-order chi connectivity index (χ1) is 12.0. The predicted molar refractivity (Wildman–Crippen MR) is 92.1 cm³/mol. The fraction of sp³-hybridized carbons (Fsp3) is 0.438. The fourth-order valence-electron chi connectivity index (χ4n) is 3.28. The summed E-state index contributed by atoms with van der Waals surface area (Å²) in [6.07, 6.45) is 8.56. The maximum Gasteiger partial charge on any atom is 0.298 e. The van der Waals surface area contributed by atoms with Gasteiger partial charge in [-0.15, -0.1) is 5.10 Å². The Bertz CT molecular complexity index is 924. The molecule has 1 aliphatic heterocycles. The van der Waals surface area contributed by atoms with Crippen LogP contribution in [0.15, 0.2) is 35.8 Å². The standard InChI is InChI=1S/C16H20N8O/c1-16(2)4-3-6-22(10-16)13-8-14(18-11-17-13)24-15(25)12(9-20-24)23-7-5-19-21-23/h5,7-9,11,20H,3-4,6,10H2,1-2H3. The molecular weight excluding hydrogens is 320 g/mol. The SMILES string of the molecule is CC1(C)CCCN(c2cc(-n3[nH]cc(-n4ccnn4)c3=O)ncn2)C1. The van der Waals surface area contributed by atoms with E-state index in [9.17, 15) is 4.79 Å². The number of anilines is 1. The van der Waals surface area contributed by atoms with Crippen LogP contribution < -0.4 is 10.5 Å². The molecule has 4 heterocycles. The van der Waals surface area contributed by atoms with E-state index in [1.165, 1.54) is 28.3 Å². The minimum Gasteiger partial charge on any atom is -0.356 e. The van der Waals surface area contributed by atoms with Gasteiger partial charge in [0.25, 0.3) is 5.56 Å². The lowest BCUT2D eigenvalue weighted by Gasteiger charge is -2.38. The molecule has 1 aliphatic rings. The van der Waals surface area contributed by atoms with Crippen LogP contribution in [0.3, 0.4) is 0 Å². The van der Waals surface area contributed by atoms with E-state index in [-0.39, 0.29) is 11.0 Å². The van der Waals surface area contributed by atoms with E-state index >= 15 is 0 Å². The topological polar surface area (TPSA) is 97.5 Å². The van der Waals surface area contributed by atoms with Gasteiger partial charge in [-0.05, 0) is 18.3 Å². The number of piperidine rings is 1. The van der Waals surface area contributed by atoms with Crippen LogP contribution in [-0.2, 0) is 0 Å². The van der Waals surface area contributed by atoms with Crippen LogP contribution in [0.1, 0.15) is 26.7 Å². The summed E-state index contributed by atoms with van der Waals surface area (Å²) in [5.41, 5.74) is 0.401. The number of nitrogens with one attached hydrogen (secondary N) is 1. The van der Waals surface area contributed by atoms with Gasteiger partial charge in [0.2, 0.25) is 0 Å². The molecule has 0 aliphatic carbocycles. The lowest BCUT2D eigenvalue weighted by atomic mass is 9.84. The van der Waals surface area contributed by atoms with E-state index < -0.39 is 0 Å². The summed E-state index contributed by atoms with van der Waals surface area (Å²) in [5, 5.41) is 10.5. The third-order valence-corrected chi connectivity index (χ3v) is 4.51. The number of aromatic nitrogens is 7. The average molecular weight is 340 g/mol. The van der Waals surface area contributed by atoms with Crippen LogP contribution in [0.4, 0.5) is 5.82 Å². The summed E-state index contributed by atoms with van der Waals surface area (Å²) in [7, 11) is 0. The monoisotopic (exact) mass is 340 g/mol. The minimum absolute atomic E-state index is 0.242. The van der Waals surface area contributed by atoms with E-state index in [0.29, 0.717) is 11.5 Å². The second kappa shape index (κ2) is 5.83. The van der Waals surface area contributed by atoms with Crippen molar-refractivity contribution in [2.24, 2.45) is 5.41 Å². The van der Waals surface area contributed by atoms with Gasteiger partial charge >= 0.3 is 0 Å². The second-order valence-corrected chi connectivity index (χ2v) is 7.07. The van der Waals surface area contributed by atoms with Crippen LogP contribution in [0.5, 0.6) is 0 Å². The van der Waals surface area contributed by atoms with Crippen molar-refractivity contribution in [1.82, 2.24) is 34.7 Å². The van der Waals surface area contributed by atoms with Crippen molar-refractivity contribution in [1.29, 1.82) is 0 Å². The normalized spacial score (nSPS) is 17.0. The van der Waals surface area contributed by atoms with E-state index in [4.69, 9.17) is 0 Å². The Morgan fingerprint density at radius 1 is 1.24 bits per heavy atom. The molecule has 3 aromatic rings. The summed E-state index contributed by atoms with van der Waals surface area (Å²) in [6, 6.07) is 1.84. The van der Waals surface area contributed by atoms with Crippen LogP contribution in [0, 0.1) is 5.41 Å². The number of hydrogen-bond acceptors (Lipinski definition) is 6. The molecule has 0 aromatic carbocycles. The summed E-state index contributed by atoms with van der Waals surface area (Å²) in [4.78, 5) is 23.5. The zero-order valence-electron chi connectivity index (χ0n) is 14.3. The number of aromatic amines is 1. The number of hydrogen-bond donors (Lipinski definition) is 1. The lowest BCUT2D eigenvalue weighted by Crippen LogP contribution is -2.40. The highest BCUT2D eigenvalue weighted by Crippen LogP contribution is 2.30. The average Bonchev–Trinajstić information content (AvgIpc) is 3.23. The molecule has 1 saturated heterocycles. The Morgan fingerprint density at radius 2 is 2.08 bits per heavy atom. The van der Waals surface area contributed by atoms with Gasteiger partial charge in [-0.1, -0.05) is 19.1 Å². The van der Waals surface area contributed by atoms with Crippen molar-refractivity contribution in [3.63, 3.8) is 0 Å². The number of H-pyrrole nitrogens is 1.